The number of hydrogen-bond donors (Lipinski definition) is 0. The van der Waals surface area contributed by atoms with Crippen LogP contribution < -0.4 is 0 Å². The van der Waals surface area contributed by atoms with Crippen molar-refractivity contribution in [2.24, 2.45) is 5.92 Å². The molecule has 0 aromatic rings. The van der Waals surface area contributed by atoms with E-state index in [1.165, 1.54) is 7.11 Å². The van der Waals surface area contributed by atoms with Crippen LogP contribution in [0.1, 0.15) is 13.3 Å². The quantitative estimate of drug-likeness (QED) is 0.455. The van der Waals surface area contributed by atoms with Gasteiger partial charge in [-0.15, -0.1) is 0 Å². The fourth-order valence-electron chi connectivity index (χ4n) is 0.612. The van der Waals surface area contributed by atoms with E-state index in [2.05, 4.69) is 8.92 Å². The molecule has 0 heterocycles. The number of carbonyl (C=O) groups excluding carboxylic acids is 1. The van der Waals surface area contributed by atoms with E-state index in [-0.39, 0.29) is 18.5 Å². The Kier molecular flexibility index (Phi) is 5.87. The van der Waals surface area contributed by atoms with Gasteiger partial charge >= 0.3 is 5.97 Å². The normalized spacial score (nSPS) is 15.2. The highest BCUT2D eigenvalue weighted by Crippen LogP contribution is 2.03. The third-order valence-corrected chi connectivity index (χ3v) is 1.69. The smallest absolute Gasteiger partial charge is 0.308 e. The number of esters is 1. The van der Waals surface area contributed by atoms with Crippen molar-refractivity contribution in [3.05, 3.63) is 0 Å². The van der Waals surface area contributed by atoms with E-state index in [1.54, 1.807) is 6.92 Å². The van der Waals surface area contributed by atoms with Gasteiger partial charge in [-0.05, 0) is 6.42 Å². The van der Waals surface area contributed by atoms with Crippen LogP contribution in [0.25, 0.3) is 0 Å². The van der Waals surface area contributed by atoms with Gasteiger partial charge in [0.05, 0.1) is 31.0 Å². The van der Waals surface area contributed by atoms with Gasteiger partial charge in [-0.3, -0.25) is 4.79 Å². The summed E-state index contributed by atoms with van der Waals surface area (Å²) in [6.45, 7) is 1.65. The van der Waals surface area contributed by atoms with E-state index in [9.17, 15) is 13.6 Å². The predicted molar refractivity (Wildman–Crippen MR) is 40.7 cm³/mol. The second-order valence-corrected chi connectivity index (χ2v) is 2.88. The molecule has 0 aromatic carbocycles. The van der Waals surface area contributed by atoms with Gasteiger partial charge in [-0.2, -0.15) is 0 Å². The molecule has 72 valence electrons. The van der Waals surface area contributed by atoms with Crippen molar-refractivity contribution in [2.75, 3.05) is 13.7 Å². The highest BCUT2D eigenvalue weighted by Gasteiger charge is 2.12. The Morgan fingerprint density at radius 3 is 2.67 bits per heavy atom. The molecule has 2 unspecified atom stereocenters. The monoisotopic (exact) mass is 195 g/mol. The Balaban J connectivity index is 3.50. The lowest BCUT2D eigenvalue weighted by Crippen LogP contribution is -2.15. The summed E-state index contributed by atoms with van der Waals surface area (Å²) in [5.74, 6) is -0.700. The molecule has 2 atom stereocenters. The standard InChI is InChI=1S/C6H12O5S/c1-5(6(7)10-2)3-4-11-12(8)9/h5H,3-4H2,1-2H3,(H,8,9)/p-1. The maximum Gasteiger partial charge on any atom is 0.308 e. The van der Waals surface area contributed by atoms with Gasteiger partial charge < -0.3 is 13.5 Å². The first-order chi connectivity index (χ1) is 5.57. The molecule has 0 aromatic heterocycles. The minimum absolute atomic E-state index is 0.00633. The molecule has 0 saturated heterocycles. The molecule has 0 radical (unpaired) electrons. The van der Waals surface area contributed by atoms with Gasteiger partial charge in [-0.25, -0.2) is 4.21 Å². The van der Waals surface area contributed by atoms with Crippen LogP contribution in [0.5, 0.6) is 0 Å². The molecule has 0 rings (SSSR count). The first-order valence-corrected chi connectivity index (χ1v) is 4.38. The Labute approximate surface area is 73.5 Å². The van der Waals surface area contributed by atoms with Crippen LogP contribution in [0.3, 0.4) is 0 Å². The molecule has 0 N–H and O–H groups in total. The Morgan fingerprint density at radius 2 is 2.25 bits per heavy atom. The van der Waals surface area contributed by atoms with E-state index >= 15 is 0 Å². The lowest BCUT2D eigenvalue weighted by Gasteiger charge is -2.09. The average Bonchev–Trinajstić information content (AvgIpc) is 2.02. The largest absolute Gasteiger partial charge is 0.750 e. The molecule has 0 amide bonds. The van der Waals surface area contributed by atoms with Crippen molar-refractivity contribution in [3.63, 3.8) is 0 Å². The molecular formula is C6H11O5S-. The summed E-state index contributed by atoms with van der Waals surface area (Å²) in [6, 6.07) is 0. The van der Waals surface area contributed by atoms with E-state index in [0.717, 1.165) is 0 Å². The topological polar surface area (TPSA) is 75.7 Å². The minimum atomic E-state index is -2.50. The maximum atomic E-state index is 10.8. The molecule has 12 heavy (non-hydrogen) atoms. The average molecular weight is 195 g/mol. The number of carbonyl (C=O) groups is 1. The van der Waals surface area contributed by atoms with E-state index in [1.807, 2.05) is 0 Å². The zero-order valence-electron chi connectivity index (χ0n) is 6.94. The van der Waals surface area contributed by atoms with Crippen LogP contribution >= 0.6 is 0 Å². The van der Waals surface area contributed by atoms with Gasteiger partial charge in [0.25, 0.3) is 0 Å². The number of methoxy groups -OCH3 is 1. The van der Waals surface area contributed by atoms with E-state index in [4.69, 9.17) is 0 Å². The van der Waals surface area contributed by atoms with Crippen LogP contribution in [0.4, 0.5) is 0 Å². The fourth-order valence-corrected chi connectivity index (χ4v) is 0.844. The van der Waals surface area contributed by atoms with Gasteiger partial charge in [0, 0.05) is 0 Å². The second-order valence-electron chi connectivity index (χ2n) is 2.24. The summed E-state index contributed by atoms with van der Waals surface area (Å²) in [5, 5.41) is 0. The molecule has 0 fully saturated rings. The van der Waals surface area contributed by atoms with E-state index < -0.39 is 11.4 Å². The summed E-state index contributed by atoms with van der Waals surface area (Å²) >= 11 is -2.50. The van der Waals surface area contributed by atoms with Gasteiger partial charge in [0.1, 0.15) is 0 Å². The predicted octanol–water partition coefficient (Wildman–Crippen LogP) is -0.00370. The summed E-state index contributed by atoms with van der Waals surface area (Å²) in [5.41, 5.74) is 0. The van der Waals surface area contributed by atoms with Crippen LogP contribution in [-0.2, 0) is 25.1 Å². The highest BCUT2D eigenvalue weighted by atomic mass is 32.2. The lowest BCUT2D eigenvalue weighted by atomic mass is 10.1. The highest BCUT2D eigenvalue weighted by molar-refractivity contribution is 7.74. The molecule has 5 nitrogen and oxygen atoms in total. The van der Waals surface area contributed by atoms with Gasteiger partial charge in [-0.1, -0.05) is 6.92 Å². The van der Waals surface area contributed by atoms with Crippen LogP contribution in [0.15, 0.2) is 0 Å². The van der Waals surface area contributed by atoms with Crippen molar-refractivity contribution in [2.45, 2.75) is 13.3 Å². The third kappa shape index (κ3) is 5.22. The molecule has 0 saturated carbocycles. The summed E-state index contributed by atoms with van der Waals surface area (Å²) in [7, 11) is 1.28. The summed E-state index contributed by atoms with van der Waals surface area (Å²) < 4.78 is 28.4. The van der Waals surface area contributed by atoms with Crippen molar-refractivity contribution in [1.82, 2.24) is 0 Å². The Bertz CT molecular complexity index is 169. The summed E-state index contributed by atoms with van der Waals surface area (Å²) in [6.07, 6.45) is 0.334. The summed E-state index contributed by atoms with van der Waals surface area (Å²) in [4.78, 5) is 10.8. The van der Waals surface area contributed by atoms with Crippen LogP contribution in [-0.4, -0.2) is 28.4 Å². The van der Waals surface area contributed by atoms with Crippen molar-refractivity contribution < 1.29 is 22.5 Å². The molecule has 0 aliphatic carbocycles. The first-order valence-electron chi connectivity index (χ1n) is 3.38. The van der Waals surface area contributed by atoms with Crippen molar-refractivity contribution in [3.8, 4) is 0 Å². The first kappa shape index (κ1) is 11.5. The molecular weight excluding hydrogens is 184 g/mol. The maximum absolute atomic E-state index is 10.8. The van der Waals surface area contributed by atoms with Gasteiger partial charge in [0.15, 0.2) is 0 Å². The lowest BCUT2D eigenvalue weighted by molar-refractivity contribution is -0.145. The van der Waals surface area contributed by atoms with Gasteiger partial charge in [0.2, 0.25) is 0 Å². The fraction of sp³-hybridized carbons (Fsp3) is 0.833. The minimum Gasteiger partial charge on any atom is -0.750 e. The number of ether oxygens (including phenoxy) is 1. The number of hydrogen-bond acceptors (Lipinski definition) is 5. The zero-order chi connectivity index (χ0) is 9.56. The second kappa shape index (κ2) is 6.10. The Morgan fingerprint density at radius 1 is 1.67 bits per heavy atom. The van der Waals surface area contributed by atoms with Crippen molar-refractivity contribution >= 4 is 17.3 Å². The zero-order valence-corrected chi connectivity index (χ0v) is 7.76. The van der Waals surface area contributed by atoms with Crippen molar-refractivity contribution in [1.29, 1.82) is 0 Å². The third-order valence-electron chi connectivity index (χ3n) is 1.33. The van der Waals surface area contributed by atoms with Crippen LogP contribution in [0, 0.1) is 5.92 Å². The van der Waals surface area contributed by atoms with Crippen LogP contribution in [0.2, 0.25) is 0 Å². The SMILES string of the molecule is COC(=O)C(C)CCOS(=O)[O-]. The Hall–Kier alpha value is -0.460. The molecule has 0 aliphatic heterocycles. The van der Waals surface area contributed by atoms with E-state index in [0.29, 0.717) is 6.42 Å². The molecule has 0 bridgehead atoms. The number of rotatable bonds is 5. The molecule has 6 heteroatoms. The molecule has 0 spiro atoms. The molecule has 0 aliphatic rings.